The van der Waals surface area contributed by atoms with Crippen molar-refractivity contribution in [1.82, 2.24) is 10.2 Å². The summed E-state index contributed by atoms with van der Waals surface area (Å²) in [7, 11) is 0. The van der Waals surface area contributed by atoms with Crippen molar-refractivity contribution in [3.05, 3.63) is 0 Å². The van der Waals surface area contributed by atoms with Gasteiger partial charge in [-0.3, -0.25) is 14.5 Å². The van der Waals surface area contributed by atoms with Crippen LogP contribution in [0.25, 0.3) is 0 Å². The number of amides is 2. The molecule has 1 aliphatic heterocycles. The highest BCUT2D eigenvalue weighted by Crippen LogP contribution is 2.42. The Hall–Kier alpha value is -1.10. The molecular formula is C18H32N2O3. The standard InChI is InChI=1S/C18H32N2O3/c1-5-7-16(21)20-15(17(22)19-14(4)6-2)12-23-18(20)10-8-13(3)9-11-18/h13-15H,5-12H2,1-4H3,(H,19,22). The molecular weight excluding hydrogens is 292 g/mol. The van der Waals surface area contributed by atoms with Gasteiger partial charge in [-0.25, -0.2) is 0 Å². The molecule has 0 aromatic carbocycles. The number of ether oxygens (including phenoxy) is 1. The van der Waals surface area contributed by atoms with Crippen molar-refractivity contribution in [3.63, 3.8) is 0 Å². The quantitative estimate of drug-likeness (QED) is 0.846. The Balaban J connectivity index is 2.18. The summed E-state index contributed by atoms with van der Waals surface area (Å²) in [6, 6.07) is -0.356. The second-order valence-electron chi connectivity index (χ2n) is 7.29. The van der Waals surface area contributed by atoms with Gasteiger partial charge in [0, 0.05) is 12.5 Å². The van der Waals surface area contributed by atoms with Gasteiger partial charge in [0.1, 0.15) is 11.8 Å². The van der Waals surface area contributed by atoms with Crippen LogP contribution in [0.4, 0.5) is 0 Å². The van der Waals surface area contributed by atoms with Gasteiger partial charge in [-0.15, -0.1) is 0 Å². The molecule has 1 saturated heterocycles. The fraction of sp³-hybridized carbons (Fsp3) is 0.889. The fourth-order valence-corrected chi connectivity index (χ4v) is 3.63. The summed E-state index contributed by atoms with van der Waals surface area (Å²) in [5.41, 5.74) is -0.545. The Morgan fingerprint density at radius 3 is 2.52 bits per heavy atom. The summed E-state index contributed by atoms with van der Waals surface area (Å²) in [5.74, 6) is 0.656. The SMILES string of the molecule is CCCC(=O)N1C(C(=O)NC(C)CC)COC12CCC(C)CC2. The lowest BCUT2D eigenvalue weighted by Gasteiger charge is -2.43. The monoisotopic (exact) mass is 324 g/mol. The Labute approximate surface area is 140 Å². The topological polar surface area (TPSA) is 58.6 Å². The summed E-state index contributed by atoms with van der Waals surface area (Å²) in [4.78, 5) is 27.2. The lowest BCUT2D eigenvalue weighted by molar-refractivity contribution is -0.161. The van der Waals surface area contributed by atoms with Crippen molar-refractivity contribution in [2.24, 2.45) is 5.92 Å². The molecule has 1 heterocycles. The predicted octanol–water partition coefficient (Wildman–Crippen LogP) is 2.84. The highest BCUT2D eigenvalue weighted by Gasteiger charge is 2.53. The first-order chi connectivity index (χ1) is 10.9. The van der Waals surface area contributed by atoms with Crippen LogP contribution < -0.4 is 5.32 Å². The number of nitrogens with zero attached hydrogens (tertiary/aromatic N) is 1. The molecule has 1 saturated carbocycles. The molecule has 0 aromatic rings. The maximum Gasteiger partial charge on any atom is 0.245 e. The molecule has 2 amide bonds. The van der Waals surface area contributed by atoms with Crippen LogP contribution in [0.3, 0.4) is 0 Å². The van der Waals surface area contributed by atoms with E-state index in [1.54, 1.807) is 4.90 Å². The van der Waals surface area contributed by atoms with E-state index in [1.165, 1.54) is 0 Å². The van der Waals surface area contributed by atoms with Crippen LogP contribution in [0.2, 0.25) is 0 Å². The van der Waals surface area contributed by atoms with Crippen molar-refractivity contribution in [2.45, 2.75) is 90.4 Å². The summed E-state index contributed by atoms with van der Waals surface area (Å²) in [6.45, 7) is 8.60. The van der Waals surface area contributed by atoms with E-state index in [4.69, 9.17) is 4.74 Å². The van der Waals surface area contributed by atoms with E-state index in [1.807, 2.05) is 20.8 Å². The number of hydrogen-bond donors (Lipinski definition) is 1. The van der Waals surface area contributed by atoms with Gasteiger partial charge in [0.2, 0.25) is 11.8 Å². The van der Waals surface area contributed by atoms with E-state index in [-0.39, 0.29) is 17.9 Å². The second kappa shape index (κ2) is 7.65. The first kappa shape index (κ1) is 18.2. The summed E-state index contributed by atoms with van der Waals surface area (Å²) < 4.78 is 6.10. The molecule has 2 fully saturated rings. The minimum Gasteiger partial charge on any atom is -0.353 e. The van der Waals surface area contributed by atoms with E-state index in [0.29, 0.717) is 18.9 Å². The van der Waals surface area contributed by atoms with Crippen LogP contribution in [0.15, 0.2) is 0 Å². The molecule has 132 valence electrons. The highest BCUT2D eigenvalue weighted by molar-refractivity contribution is 5.89. The largest absolute Gasteiger partial charge is 0.353 e. The molecule has 2 atom stereocenters. The molecule has 0 aromatic heterocycles. The molecule has 2 rings (SSSR count). The Morgan fingerprint density at radius 1 is 1.30 bits per heavy atom. The van der Waals surface area contributed by atoms with Gasteiger partial charge in [0.15, 0.2) is 0 Å². The normalized spacial score (nSPS) is 32.1. The molecule has 1 aliphatic carbocycles. The second-order valence-corrected chi connectivity index (χ2v) is 7.29. The maximum absolute atomic E-state index is 12.7. The third-order valence-electron chi connectivity index (χ3n) is 5.35. The third-order valence-corrected chi connectivity index (χ3v) is 5.35. The molecule has 23 heavy (non-hydrogen) atoms. The highest BCUT2D eigenvalue weighted by atomic mass is 16.5. The van der Waals surface area contributed by atoms with E-state index < -0.39 is 11.8 Å². The molecule has 1 spiro atoms. The molecule has 5 heteroatoms. The summed E-state index contributed by atoms with van der Waals surface area (Å²) in [6.07, 6.45) is 5.94. The zero-order chi connectivity index (χ0) is 17.0. The number of nitrogens with one attached hydrogen (secondary N) is 1. The summed E-state index contributed by atoms with van der Waals surface area (Å²) >= 11 is 0. The minimum atomic E-state index is -0.545. The molecule has 1 N–H and O–H groups in total. The van der Waals surface area contributed by atoms with Crippen molar-refractivity contribution in [3.8, 4) is 0 Å². The van der Waals surface area contributed by atoms with Gasteiger partial charge in [-0.05, 0) is 51.4 Å². The third kappa shape index (κ3) is 3.87. The average Bonchev–Trinajstić information content (AvgIpc) is 2.90. The van der Waals surface area contributed by atoms with Crippen LogP contribution in [0.5, 0.6) is 0 Å². The number of hydrogen-bond acceptors (Lipinski definition) is 3. The van der Waals surface area contributed by atoms with Crippen molar-refractivity contribution in [1.29, 1.82) is 0 Å². The van der Waals surface area contributed by atoms with Crippen LogP contribution in [-0.4, -0.2) is 41.1 Å². The first-order valence-electron chi connectivity index (χ1n) is 9.20. The average molecular weight is 324 g/mol. The maximum atomic E-state index is 12.7. The lowest BCUT2D eigenvalue weighted by Crippen LogP contribution is -2.57. The summed E-state index contributed by atoms with van der Waals surface area (Å²) in [5, 5.41) is 3.02. The van der Waals surface area contributed by atoms with Crippen molar-refractivity contribution < 1.29 is 14.3 Å². The van der Waals surface area contributed by atoms with Crippen LogP contribution in [0, 0.1) is 5.92 Å². The van der Waals surface area contributed by atoms with E-state index >= 15 is 0 Å². The van der Waals surface area contributed by atoms with Gasteiger partial charge in [0.05, 0.1) is 6.61 Å². The van der Waals surface area contributed by atoms with Gasteiger partial charge >= 0.3 is 0 Å². The fourth-order valence-electron chi connectivity index (χ4n) is 3.63. The van der Waals surface area contributed by atoms with Gasteiger partial charge in [-0.2, -0.15) is 0 Å². The minimum absolute atomic E-state index is 0.0591. The Bertz CT molecular complexity index is 430. The van der Waals surface area contributed by atoms with Gasteiger partial charge in [-0.1, -0.05) is 20.8 Å². The molecule has 2 unspecified atom stereocenters. The lowest BCUT2D eigenvalue weighted by atomic mass is 9.83. The Morgan fingerprint density at radius 2 is 1.96 bits per heavy atom. The molecule has 2 aliphatic rings. The van der Waals surface area contributed by atoms with Crippen LogP contribution >= 0.6 is 0 Å². The number of rotatable bonds is 5. The zero-order valence-electron chi connectivity index (χ0n) is 15.1. The molecule has 0 radical (unpaired) electrons. The van der Waals surface area contributed by atoms with Crippen molar-refractivity contribution in [2.75, 3.05) is 6.61 Å². The van der Waals surface area contributed by atoms with Crippen molar-refractivity contribution >= 4 is 11.8 Å². The smallest absolute Gasteiger partial charge is 0.245 e. The number of carbonyl (C=O) groups is 2. The predicted molar refractivity (Wildman–Crippen MR) is 89.8 cm³/mol. The van der Waals surface area contributed by atoms with E-state index in [0.717, 1.165) is 38.5 Å². The van der Waals surface area contributed by atoms with Crippen LogP contribution in [-0.2, 0) is 14.3 Å². The number of carbonyl (C=O) groups excluding carboxylic acids is 2. The van der Waals surface area contributed by atoms with Gasteiger partial charge < -0.3 is 10.1 Å². The zero-order valence-corrected chi connectivity index (χ0v) is 15.1. The first-order valence-corrected chi connectivity index (χ1v) is 9.20. The van der Waals surface area contributed by atoms with Crippen LogP contribution in [0.1, 0.15) is 72.6 Å². The van der Waals surface area contributed by atoms with Gasteiger partial charge in [0.25, 0.3) is 0 Å². The molecule has 5 nitrogen and oxygen atoms in total. The Kier molecular flexibility index (Phi) is 6.06. The van der Waals surface area contributed by atoms with E-state index in [9.17, 15) is 9.59 Å². The van der Waals surface area contributed by atoms with E-state index in [2.05, 4.69) is 12.2 Å². The molecule has 0 bridgehead atoms.